The molecule has 2 rings (SSSR count). The van der Waals surface area contributed by atoms with Crippen molar-refractivity contribution < 1.29 is 9.32 Å². The Morgan fingerprint density at radius 2 is 2.27 bits per heavy atom. The lowest BCUT2D eigenvalue weighted by Gasteiger charge is -2.00. The molecule has 2 N–H and O–H groups in total. The largest absolute Gasteiger partial charge is 0.335 e. The second-order valence-electron chi connectivity index (χ2n) is 3.99. The molecule has 0 aliphatic heterocycles. The topological polar surface area (TPSA) is 80.0 Å². The number of hydrogen-bond acceptors (Lipinski definition) is 4. The number of aromatic nitrogens is 2. The summed E-state index contributed by atoms with van der Waals surface area (Å²) in [6.45, 7) is 3.91. The summed E-state index contributed by atoms with van der Waals surface area (Å²) < 4.78 is 4.87. The lowest BCUT2D eigenvalue weighted by atomic mass is 10.2. The minimum atomic E-state index is -0.281. The second-order valence-corrected chi connectivity index (χ2v) is 3.99. The van der Waals surface area contributed by atoms with Crippen molar-refractivity contribution in [3.63, 3.8) is 0 Å². The first kappa shape index (κ1) is 9.95. The van der Waals surface area contributed by atoms with Crippen LogP contribution in [0.15, 0.2) is 4.52 Å². The molecule has 1 aliphatic rings. The van der Waals surface area contributed by atoms with Crippen LogP contribution in [-0.4, -0.2) is 22.2 Å². The van der Waals surface area contributed by atoms with E-state index in [0.717, 1.165) is 12.8 Å². The third-order valence-electron chi connectivity index (χ3n) is 2.09. The van der Waals surface area contributed by atoms with Crippen molar-refractivity contribution in [2.45, 2.75) is 38.6 Å². The Morgan fingerprint density at radius 1 is 1.53 bits per heavy atom. The summed E-state index contributed by atoms with van der Waals surface area (Å²) in [4.78, 5) is 15.3. The van der Waals surface area contributed by atoms with E-state index in [2.05, 4.69) is 20.8 Å². The maximum atomic E-state index is 11.3. The van der Waals surface area contributed by atoms with Crippen LogP contribution < -0.4 is 10.6 Å². The average molecular weight is 210 g/mol. The zero-order valence-electron chi connectivity index (χ0n) is 8.78. The van der Waals surface area contributed by atoms with E-state index in [-0.39, 0.29) is 18.0 Å². The predicted molar refractivity (Wildman–Crippen MR) is 53.6 cm³/mol. The number of carbonyl (C=O) groups excluding carboxylic acids is 1. The molecule has 15 heavy (non-hydrogen) atoms. The van der Waals surface area contributed by atoms with Crippen LogP contribution in [-0.2, 0) is 0 Å². The molecule has 6 nitrogen and oxygen atoms in total. The quantitative estimate of drug-likeness (QED) is 0.791. The van der Waals surface area contributed by atoms with Crippen LogP contribution in [0.5, 0.6) is 0 Å². The maximum Gasteiger partial charge on any atom is 0.329 e. The fourth-order valence-corrected chi connectivity index (χ4v) is 1.07. The molecule has 0 unspecified atom stereocenters. The van der Waals surface area contributed by atoms with Gasteiger partial charge in [-0.25, -0.2) is 4.79 Å². The van der Waals surface area contributed by atoms with Gasteiger partial charge in [-0.05, 0) is 12.8 Å². The van der Waals surface area contributed by atoms with Crippen molar-refractivity contribution in [1.29, 1.82) is 0 Å². The Balaban J connectivity index is 1.88. The van der Waals surface area contributed by atoms with E-state index in [9.17, 15) is 4.79 Å². The molecular weight excluding hydrogens is 196 g/mol. The molecule has 82 valence electrons. The van der Waals surface area contributed by atoms with Gasteiger partial charge >= 0.3 is 12.0 Å². The van der Waals surface area contributed by atoms with Crippen molar-refractivity contribution in [2.75, 3.05) is 5.32 Å². The summed E-state index contributed by atoms with van der Waals surface area (Å²) in [5.41, 5.74) is 0. The molecule has 0 atom stereocenters. The van der Waals surface area contributed by atoms with Crippen LogP contribution in [0.25, 0.3) is 0 Å². The highest BCUT2D eigenvalue weighted by molar-refractivity contribution is 5.87. The molecule has 0 aromatic carbocycles. The number of anilines is 1. The van der Waals surface area contributed by atoms with Crippen LogP contribution in [0.4, 0.5) is 10.8 Å². The highest BCUT2D eigenvalue weighted by atomic mass is 16.5. The van der Waals surface area contributed by atoms with Crippen molar-refractivity contribution in [1.82, 2.24) is 15.5 Å². The van der Waals surface area contributed by atoms with Crippen molar-refractivity contribution in [2.24, 2.45) is 0 Å². The standard InChI is InChI=1S/C9H14N4O2/c1-5(2)7-11-9(15-13-7)12-8(14)10-6-3-4-6/h5-6H,3-4H2,1-2H3,(H2,10,11,12,13,14). The summed E-state index contributed by atoms with van der Waals surface area (Å²) in [6.07, 6.45) is 2.10. The Labute approximate surface area is 87.4 Å². The summed E-state index contributed by atoms with van der Waals surface area (Å²) in [5, 5.41) is 9.00. The lowest BCUT2D eigenvalue weighted by molar-refractivity contribution is 0.250. The van der Waals surface area contributed by atoms with Gasteiger partial charge in [0, 0.05) is 12.0 Å². The van der Waals surface area contributed by atoms with Crippen LogP contribution in [0.1, 0.15) is 38.4 Å². The van der Waals surface area contributed by atoms with Gasteiger partial charge in [0.25, 0.3) is 0 Å². The minimum absolute atomic E-state index is 0.150. The van der Waals surface area contributed by atoms with Crippen molar-refractivity contribution in [3.8, 4) is 0 Å². The maximum absolute atomic E-state index is 11.3. The molecule has 1 aromatic heterocycles. The van der Waals surface area contributed by atoms with E-state index >= 15 is 0 Å². The molecular formula is C9H14N4O2. The molecule has 1 saturated carbocycles. The third-order valence-corrected chi connectivity index (χ3v) is 2.09. The number of rotatable bonds is 3. The highest BCUT2D eigenvalue weighted by Gasteiger charge is 2.24. The second kappa shape index (κ2) is 3.88. The van der Waals surface area contributed by atoms with Gasteiger partial charge in [-0.1, -0.05) is 19.0 Å². The fraction of sp³-hybridized carbons (Fsp3) is 0.667. The summed E-state index contributed by atoms with van der Waals surface area (Å²) >= 11 is 0. The first-order chi connectivity index (χ1) is 7.15. The molecule has 1 fully saturated rings. The van der Waals surface area contributed by atoms with Gasteiger partial charge in [-0.2, -0.15) is 4.98 Å². The van der Waals surface area contributed by atoms with Gasteiger partial charge in [0.15, 0.2) is 5.82 Å². The average Bonchev–Trinajstić information content (AvgIpc) is 2.82. The number of urea groups is 1. The van der Waals surface area contributed by atoms with Crippen LogP contribution in [0.2, 0.25) is 0 Å². The van der Waals surface area contributed by atoms with Gasteiger partial charge in [-0.15, -0.1) is 0 Å². The first-order valence-corrected chi connectivity index (χ1v) is 5.06. The molecule has 0 saturated heterocycles. The van der Waals surface area contributed by atoms with E-state index in [0.29, 0.717) is 11.9 Å². The van der Waals surface area contributed by atoms with E-state index in [1.807, 2.05) is 13.8 Å². The summed E-state index contributed by atoms with van der Waals surface area (Å²) in [5.74, 6) is 0.785. The van der Waals surface area contributed by atoms with Crippen LogP contribution in [0.3, 0.4) is 0 Å². The third kappa shape index (κ3) is 2.68. The van der Waals surface area contributed by atoms with Gasteiger partial charge in [-0.3, -0.25) is 5.32 Å². The Hall–Kier alpha value is -1.59. The molecule has 0 bridgehead atoms. The molecule has 2 amide bonds. The Bertz CT molecular complexity index is 357. The normalized spacial score (nSPS) is 15.4. The number of hydrogen-bond donors (Lipinski definition) is 2. The highest BCUT2D eigenvalue weighted by Crippen LogP contribution is 2.18. The van der Waals surface area contributed by atoms with Crippen molar-refractivity contribution >= 4 is 12.0 Å². The molecule has 0 spiro atoms. The lowest BCUT2D eigenvalue weighted by Crippen LogP contribution is -2.30. The smallest absolute Gasteiger partial charge is 0.329 e. The SMILES string of the molecule is CC(C)c1noc(NC(=O)NC2CC2)n1. The van der Waals surface area contributed by atoms with Crippen LogP contribution >= 0.6 is 0 Å². The van der Waals surface area contributed by atoms with Gasteiger partial charge < -0.3 is 9.84 Å². The fourth-order valence-electron chi connectivity index (χ4n) is 1.07. The van der Waals surface area contributed by atoms with E-state index in [1.165, 1.54) is 0 Å². The van der Waals surface area contributed by atoms with E-state index in [1.54, 1.807) is 0 Å². The monoisotopic (exact) mass is 210 g/mol. The number of amides is 2. The number of nitrogens with zero attached hydrogens (tertiary/aromatic N) is 2. The minimum Gasteiger partial charge on any atom is -0.335 e. The Morgan fingerprint density at radius 3 is 2.80 bits per heavy atom. The zero-order valence-corrected chi connectivity index (χ0v) is 8.78. The van der Waals surface area contributed by atoms with E-state index < -0.39 is 0 Å². The molecule has 1 aromatic rings. The molecule has 0 radical (unpaired) electrons. The molecule has 1 heterocycles. The molecule has 6 heteroatoms. The van der Waals surface area contributed by atoms with Gasteiger partial charge in [0.2, 0.25) is 0 Å². The predicted octanol–water partition coefficient (Wildman–Crippen LogP) is 1.48. The Kier molecular flexibility index (Phi) is 2.57. The van der Waals surface area contributed by atoms with Gasteiger partial charge in [0.1, 0.15) is 0 Å². The number of carbonyl (C=O) groups is 1. The summed E-state index contributed by atoms with van der Waals surface area (Å²) in [7, 11) is 0. The van der Waals surface area contributed by atoms with Crippen LogP contribution in [0, 0.1) is 0 Å². The van der Waals surface area contributed by atoms with E-state index in [4.69, 9.17) is 4.52 Å². The zero-order chi connectivity index (χ0) is 10.8. The first-order valence-electron chi connectivity index (χ1n) is 5.06. The summed E-state index contributed by atoms with van der Waals surface area (Å²) in [6, 6.07) is 0.186. The van der Waals surface area contributed by atoms with Gasteiger partial charge in [0.05, 0.1) is 0 Å². The number of nitrogens with one attached hydrogen (secondary N) is 2. The van der Waals surface area contributed by atoms with Crippen molar-refractivity contribution in [3.05, 3.63) is 5.82 Å². The molecule has 1 aliphatic carbocycles.